The van der Waals surface area contributed by atoms with E-state index in [9.17, 15) is 0 Å². The maximum absolute atomic E-state index is 9.05. The molecule has 3 fully saturated rings. The molecule has 0 bridgehead atoms. The van der Waals surface area contributed by atoms with Crippen molar-refractivity contribution in [2.24, 2.45) is 29.1 Å². The summed E-state index contributed by atoms with van der Waals surface area (Å²) in [7, 11) is -4.02. The highest BCUT2D eigenvalue weighted by molar-refractivity contribution is 6.74. The lowest BCUT2D eigenvalue weighted by atomic mass is 9.60. The Morgan fingerprint density at radius 3 is 2.16 bits per heavy atom. The predicted octanol–water partition coefficient (Wildman–Crippen LogP) is 12.6. The van der Waals surface area contributed by atoms with Crippen molar-refractivity contribution in [1.29, 1.82) is 0 Å². The molecule has 1 unspecified atom stereocenters. The van der Waals surface area contributed by atoms with Crippen LogP contribution < -0.4 is 0 Å². The molecule has 0 heterocycles. The van der Waals surface area contributed by atoms with Crippen LogP contribution in [0, 0.1) is 29.1 Å². The van der Waals surface area contributed by atoms with Gasteiger partial charge in [-0.25, -0.2) is 0 Å². The maximum Gasteiger partial charge on any atom is 0.192 e. The summed E-state index contributed by atoms with van der Waals surface area (Å²) in [6, 6.07) is 0. The van der Waals surface area contributed by atoms with Crippen LogP contribution in [-0.4, -0.2) is 28.8 Å². The largest absolute Gasteiger partial charge is 0.413 e. The minimum Gasteiger partial charge on any atom is -0.413 e. The third-order valence-electron chi connectivity index (χ3n) is 12.2. The Kier molecular flexibility index (Phi) is 9.97. The zero-order chi connectivity index (χ0) is 36.2. The summed E-state index contributed by atoms with van der Waals surface area (Å²) >= 11 is 0. The second-order valence-electron chi connectivity index (χ2n) is 18.1. The van der Waals surface area contributed by atoms with Crippen LogP contribution >= 0.6 is 0 Å². The second kappa shape index (κ2) is 13.7. The Bertz CT molecular complexity index is 1190. The highest BCUT2D eigenvalue weighted by atomic mass is 28.4. The summed E-state index contributed by atoms with van der Waals surface area (Å²) in [5.41, 5.74) is 3.83. The molecule has 0 aromatic carbocycles. The minimum absolute atomic E-state index is 0.0190. The molecule has 0 N–H and O–H groups in total. The number of allylic oxidation sites excluding steroid dienone is 3. The topological polar surface area (TPSA) is 18.5 Å². The molecular formula is C39H72O2Si2. The van der Waals surface area contributed by atoms with Crippen molar-refractivity contribution in [3.63, 3.8) is 0 Å². The lowest BCUT2D eigenvalue weighted by Crippen LogP contribution is -2.49. The molecule has 2 nitrogen and oxygen atoms in total. The molecule has 3 aliphatic carbocycles. The predicted molar refractivity (Wildman–Crippen MR) is 195 cm³/mol. The van der Waals surface area contributed by atoms with Gasteiger partial charge in [-0.15, -0.1) is 0 Å². The van der Waals surface area contributed by atoms with E-state index in [4.69, 9.17) is 14.3 Å². The van der Waals surface area contributed by atoms with E-state index in [0.29, 0.717) is 5.92 Å². The molecule has 0 spiro atoms. The fraction of sp³-hybridized carbons (Fsp3) is 0.846. The monoisotopic (exact) mass is 637 g/mol. The molecule has 43 heavy (non-hydrogen) atoms. The molecule has 248 valence electrons. The highest BCUT2D eigenvalue weighted by Gasteiger charge is 2.50. The molecule has 6 atom stereocenters. The molecule has 0 aromatic rings. The number of rotatable bonds is 10. The van der Waals surface area contributed by atoms with E-state index < -0.39 is 29.4 Å². The van der Waals surface area contributed by atoms with E-state index in [0.717, 1.165) is 50.5 Å². The number of hydrogen-bond acceptors (Lipinski definition) is 2. The van der Waals surface area contributed by atoms with Gasteiger partial charge in [0.1, 0.15) is 0 Å². The highest BCUT2D eigenvalue weighted by Crippen LogP contribution is 2.60. The summed E-state index contributed by atoms with van der Waals surface area (Å²) in [6.07, 6.45) is 8.32. The summed E-state index contributed by atoms with van der Waals surface area (Å²) in [5.74, 6) is 0.339. The fourth-order valence-electron chi connectivity index (χ4n) is 7.39. The van der Waals surface area contributed by atoms with E-state index in [1.54, 1.807) is 0 Å². The van der Waals surface area contributed by atoms with Gasteiger partial charge in [0.2, 0.25) is 0 Å². The average Bonchev–Trinajstić information content (AvgIpc) is 3.23. The van der Waals surface area contributed by atoms with Crippen molar-refractivity contribution in [3.8, 4) is 0 Å². The van der Waals surface area contributed by atoms with E-state index in [2.05, 4.69) is 93.4 Å². The lowest BCUT2D eigenvalue weighted by molar-refractivity contribution is 0.0927. The zero-order valence-corrected chi connectivity index (χ0v) is 32.8. The third-order valence-corrected chi connectivity index (χ3v) is 21.2. The fourth-order valence-corrected chi connectivity index (χ4v) is 10.1. The minimum atomic E-state index is -2.03. The number of hydrogen-bond donors (Lipinski definition) is 0. The van der Waals surface area contributed by atoms with E-state index >= 15 is 0 Å². The van der Waals surface area contributed by atoms with Crippen molar-refractivity contribution in [1.82, 2.24) is 0 Å². The maximum atomic E-state index is 9.05. The van der Waals surface area contributed by atoms with Gasteiger partial charge in [-0.3, -0.25) is 0 Å². The van der Waals surface area contributed by atoms with Gasteiger partial charge >= 0.3 is 0 Å². The van der Waals surface area contributed by atoms with Crippen LogP contribution in [0.15, 0.2) is 35.5 Å². The van der Waals surface area contributed by atoms with Gasteiger partial charge in [0.05, 0.1) is 12.2 Å². The quantitative estimate of drug-likeness (QED) is 0.222. The van der Waals surface area contributed by atoms with Crippen molar-refractivity contribution >= 4 is 16.6 Å². The SMILES string of the molecule is [3H]C([3H])(CC(C)C)C([3H])([3H])[C@@H](C)[C@H]1CCC2/C(=C/C=C3/C[C@@H](O[Si](C)(C)C(C)(C)C)C[C@H](O[Si](C)(C)C(C)(C)C)C3=C)CCC[C@@]21C. The van der Waals surface area contributed by atoms with Crippen LogP contribution in [0.25, 0.3) is 0 Å². The van der Waals surface area contributed by atoms with Gasteiger partial charge in [0.25, 0.3) is 0 Å². The first-order valence-electron chi connectivity index (χ1n) is 19.5. The summed E-state index contributed by atoms with van der Waals surface area (Å²) < 4.78 is 49.7. The second-order valence-corrected chi connectivity index (χ2v) is 27.6. The number of fused-ring (bicyclic) bond motifs is 1. The van der Waals surface area contributed by atoms with Gasteiger partial charge in [0.15, 0.2) is 16.6 Å². The van der Waals surface area contributed by atoms with Crippen molar-refractivity contribution < 1.29 is 14.3 Å². The van der Waals surface area contributed by atoms with Crippen LogP contribution in [0.5, 0.6) is 0 Å². The first-order chi connectivity index (χ1) is 21.1. The molecule has 0 amide bonds. The Labute approximate surface area is 276 Å². The molecule has 0 saturated heterocycles. The zero-order valence-electron chi connectivity index (χ0n) is 34.8. The van der Waals surface area contributed by atoms with Crippen LogP contribution in [0.4, 0.5) is 0 Å². The lowest BCUT2D eigenvalue weighted by Gasteiger charge is -2.46. The van der Waals surface area contributed by atoms with E-state index in [1.807, 2.05) is 20.8 Å². The van der Waals surface area contributed by atoms with Crippen molar-refractivity contribution in [2.75, 3.05) is 0 Å². The molecule has 3 rings (SSSR count). The molecular weight excluding hydrogens is 557 g/mol. The van der Waals surface area contributed by atoms with Gasteiger partial charge in [-0.05, 0) is 115 Å². The molecule has 3 saturated carbocycles. The normalized spacial score (nSPS) is 34.2. The van der Waals surface area contributed by atoms with E-state index in [1.165, 1.54) is 11.1 Å². The summed E-state index contributed by atoms with van der Waals surface area (Å²) in [6.45, 7) is 36.2. The first kappa shape index (κ1) is 31.2. The smallest absolute Gasteiger partial charge is 0.192 e. The Hall–Kier alpha value is -0.426. The Balaban J connectivity index is 1.94. The summed E-state index contributed by atoms with van der Waals surface area (Å²) in [5, 5.41) is 0.245. The Morgan fingerprint density at radius 1 is 0.977 bits per heavy atom. The third kappa shape index (κ3) is 8.69. The van der Waals surface area contributed by atoms with Crippen molar-refractivity contribution in [2.45, 2.75) is 182 Å². The summed E-state index contributed by atoms with van der Waals surface area (Å²) in [4.78, 5) is 0. The van der Waals surface area contributed by atoms with Gasteiger partial charge < -0.3 is 8.85 Å². The van der Waals surface area contributed by atoms with Crippen LogP contribution in [0.2, 0.25) is 36.3 Å². The molecule has 3 aliphatic rings. The average molecular weight is 637 g/mol. The molecule has 0 aromatic heterocycles. The first-order valence-corrected chi connectivity index (χ1v) is 23.3. The molecule has 4 heteroatoms. The van der Waals surface area contributed by atoms with Crippen molar-refractivity contribution in [3.05, 3.63) is 35.5 Å². The molecule has 0 aliphatic heterocycles. The van der Waals surface area contributed by atoms with Crippen LogP contribution in [0.3, 0.4) is 0 Å². The van der Waals surface area contributed by atoms with Gasteiger partial charge in [0, 0.05) is 11.9 Å². The van der Waals surface area contributed by atoms with Crippen LogP contribution in [0.1, 0.15) is 139 Å². The standard InChI is InChI=1S/C39H72O2Si2/c1-28(2)18-16-19-29(3)34-23-24-35-31(20-17-25-39(34,35)11)21-22-32-26-33(40-42(12,13)37(5,6)7)27-36(30(32)4)41-43(14,15)38(8,9)10/h21-22,28-29,33-36H,4,16-20,23-27H2,1-3,5-15H3/b31-21+,32-22-/t29-,33-,34-,35?,36+,39-/m1/s1/i16T2,19T2. The van der Waals surface area contributed by atoms with Gasteiger partial charge in [-0.1, -0.05) is 113 Å². The van der Waals surface area contributed by atoms with Crippen LogP contribution in [-0.2, 0) is 8.85 Å². The Morgan fingerprint density at radius 2 is 1.58 bits per heavy atom. The van der Waals surface area contributed by atoms with E-state index in [-0.39, 0.29) is 51.9 Å². The molecule has 0 radical (unpaired) electrons. The van der Waals surface area contributed by atoms with Gasteiger partial charge in [-0.2, -0.15) is 0 Å².